The van der Waals surface area contributed by atoms with Crippen LogP contribution in [0, 0.1) is 0 Å². The van der Waals surface area contributed by atoms with Gasteiger partial charge in [0.25, 0.3) is 0 Å². The van der Waals surface area contributed by atoms with Crippen molar-refractivity contribution in [2.75, 3.05) is 6.54 Å². The molecule has 0 saturated heterocycles. The van der Waals surface area contributed by atoms with Gasteiger partial charge in [0.15, 0.2) is 0 Å². The summed E-state index contributed by atoms with van der Waals surface area (Å²) in [5.74, 6) is 0.650. The molecule has 0 fully saturated rings. The second-order valence-corrected chi connectivity index (χ2v) is 5.13. The van der Waals surface area contributed by atoms with E-state index in [1.165, 1.54) is 0 Å². The minimum atomic E-state index is 0.105. The molecule has 0 spiro atoms. The average molecular weight is 276 g/mol. The molecule has 1 N–H and O–H groups in total. The van der Waals surface area contributed by atoms with Crippen molar-refractivity contribution < 1.29 is 4.74 Å². The third-order valence-corrected chi connectivity index (χ3v) is 2.94. The number of ether oxygens (including phenoxy) is 1. The van der Waals surface area contributed by atoms with Crippen LogP contribution in [-0.2, 0) is 0 Å². The summed E-state index contributed by atoms with van der Waals surface area (Å²) in [4.78, 5) is 0. The fourth-order valence-corrected chi connectivity index (χ4v) is 1.71. The molecule has 0 radical (unpaired) electrons. The lowest BCUT2D eigenvalue weighted by Crippen LogP contribution is -2.34. The highest BCUT2D eigenvalue weighted by molar-refractivity contribution is 6.34. The zero-order valence-corrected chi connectivity index (χ0v) is 12.0. The van der Waals surface area contributed by atoms with E-state index in [4.69, 9.17) is 27.9 Å². The standard InChI is InChI=1S/C13H19Cl2NO/c1-4-11(8-16-9(2)3)17-13-7-10(14)5-6-12(13)15/h5-7,9,11,16H,4,8H2,1-3H3. The molecule has 1 atom stereocenters. The Labute approximate surface area is 113 Å². The van der Waals surface area contributed by atoms with E-state index in [2.05, 4.69) is 26.1 Å². The molecule has 4 heteroatoms. The number of halogens is 2. The van der Waals surface area contributed by atoms with Crippen LogP contribution in [0.4, 0.5) is 0 Å². The van der Waals surface area contributed by atoms with Crippen LogP contribution in [0.25, 0.3) is 0 Å². The number of rotatable bonds is 6. The maximum atomic E-state index is 6.06. The van der Waals surface area contributed by atoms with Gasteiger partial charge in [-0.3, -0.25) is 0 Å². The van der Waals surface area contributed by atoms with E-state index in [9.17, 15) is 0 Å². The first-order valence-electron chi connectivity index (χ1n) is 5.88. The van der Waals surface area contributed by atoms with Gasteiger partial charge in [-0.05, 0) is 18.6 Å². The first-order valence-corrected chi connectivity index (χ1v) is 6.63. The molecule has 0 amide bonds. The van der Waals surface area contributed by atoms with Gasteiger partial charge in [-0.15, -0.1) is 0 Å². The zero-order valence-electron chi connectivity index (χ0n) is 10.5. The highest BCUT2D eigenvalue weighted by Crippen LogP contribution is 2.28. The lowest BCUT2D eigenvalue weighted by atomic mass is 10.2. The fourth-order valence-electron chi connectivity index (χ4n) is 1.38. The lowest BCUT2D eigenvalue weighted by molar-refractivity contribution is 0.190. The Morgan fingerprint density at radius 3 is 2.59 bits per heavy atom. The summed E-state index contributed by atoms with van der Waals surface area (Å²) in [6.07, 6.45) is 1.02. The maximum Gasteiger partial charge on any atom is 0.139 e. The molecule has 0 heterocycles. The largest absolute Gasteiger partial charge is 0.488 e. The molecule has 1 unspecified atom stereocenters. The van der Waals surface area contributed by atoms with Crippen LogP contribution in [0.2, 0.25) is 10.0 Å². The van der Waals surface area contributed by atoms with Crippen LogP contribution in [0.15, 0.2) is 18.2 Å². The van der Waals surface area contributed by atoms with Gasteiger partial charge in [-0.1, -0.05) is 44.0 Å². The lowest BCUT2D eigenvalue weighted by Gasteiger charge is -2.20. The van der Waals surface area contributed by atoms with Crippen molar-refractivity contribution in [2.24, 2.45) is 0 Å². The fraction of sp³-hybridized carbons (Fsp3) is 0.538. The Morgan fingerprint density at radius 1 is 1.29 bits per heavy atom. The molecular formula is C13H19Cl2NO. The summed E-state index contributed by atoms with van der Waals surface area (Å²) < 4.78 is 5.85. The smallest absolute Gasteiger partial charge is 0.139 e. The van der Waals surface area contributed by atoms with E-state index in [1.54, 1.807) is 18.2 Å². The van der Waals surface area contributed by atoms with Crippen molar-refractivity contribution in [3.63, 3.8) is 0 Å². The normalized spacial score (nSPS) is 12.8. The van der Waals surface area contributed by atoms with Crippen molar-refractivity contribution in [2.45, 2.75) is 39.3 Å². The summed E-state index contributed by atoms with van der Waals surface area (Å²) in [5, 5.41) is 4.58. The SMILES string of the molecule is CCC(CNC(C)C)Oc1cc(Cl)ccc1Cl. The van der Waals surface area contributed by atoms with Crippen LogP contribution < -0.4 is 10.1 Å². The minimum absolute atomic E-state index is 0.105. The van der Waals surface area contributed by atoms with E-state index in [0.29, 0.717) is 21.8 Å². The van der Waals surface area contributed by atoms with Crippen molar-refractivity contribution in [3.8, 4) is 5.75 Å². The van der Waals surface area contributed by atoms with Gasteiger partial charge in [-0.25, -0.2) is 0 Å². The van der Waals surface area contributed by atoms with Gasteiger partial charge < -0.3 is 10.1 Å². The molecule has 0 saturated carbocycles. The Hall–Kier alpha value is -0.440. The maximum absolute atomic E-state index is 6.06. The molecule has 1 rings (SSSR count). The number of hydrogen-bond donors (Lipinski definition) is 1. The molecule has 0 aliphatic rings. The van der Waals surface area contributed by atoms with Crippen molar-refractivity contribution >= 4 is 23.2 Å². The topological polar surface area (TPSA) is 21.3 Å². The van der Waals surface area contributed by atoms with Crippen LogP contribution in [-0.4, -0.2) is 18.7 Å². The summed E-state index contributed by atoms with van der Waals surface area (Å²) in [7, 11) is 0. The van der Waals surface area contributed by atoms with Gasteiger partial charge in [-0.2, -0.15) is 0 Å². The predicted octanol–water partition coefficient (Wildman–Crippen LogP) is 4.15. The molecule has 0 aliphatic carbocycles. The first kappa shape index (κ1) is 14.6. The monoisotopic (exact) mass is 275 g/mol. The molecule has 1 aromatic carbocycles. The van der Waals surface area contributed by atoms with Gasteiger partial charge >= 0.3 is 0 Å². The molecule has 0 aliphatic heterocycles. The molecule has 0 aromatic heterocycles. The van der Waals surface area contributed by atoms with E-state index in [1.807, 2.05) is 0 Å². The number of hydrogen-bond acceptors (Lipinski definition) is 2. The quantitative estimate of drug-likeness (QED) is 0.842. The van der Waals surface area contributed by atoms with Gasteiger partial charge in [0.1, 0.15) is 11.9 Å². The van der Waals surface area contributed by atoms with Crippen LogP contribution in [0.1, 0.15) is 27.2 Å². The summed E-state index contributed by atoms with van der Waals surface area (Å²) in [6.45, 7) is 7.11. The summed E-state index contributed by atoms with van der Waals surface area (Å²) in [5.41, 5.74) is 0. The van der Waals surface area contributed by atoms with E-state index in [-0.39, 0.29) is 6.10 Å². The van der Waals surface area contributed by atoms with Crippen LogP contribution in [0.5, 0.6) is 5.75 Å². The Bertz CT molecular complexity index is 355. The van der Waals surface area contributed by atoms with E-state index < -0.39 is 0 Å². The third kappa shape index (κ3) is 5.15. The Kier molecular flexibility index (Phi) is 6.10. The van der Waals surface area contributed by atoms with Crippen molar-refractivity contribution in [3.05, 3.63) is 28.2 Å². The molecule has 17 heavy (non-hydrogen) atoms. The average Bonchev–Trinajstić information content (AvgIpc) is 2.28. The number of nitrogens with one attached hydrogen (secondary N) is 1. The number of benzene rings is 1. The minimum Gasteiger partial charge on any atom is -0.488 e. The van der Waals surface area contributed by atoms with Gasteiger partial charge in [0.05, 0.1) is 5.02 Å². The van der Waals surface area contributed by atoms with Crippen molar-refractivity contribution in [1.82, 2.24) is 5.32 Å². The molecule has 96 valence electrons. The third-order valence-electron chi connectivity index (χ3n) is 2.40. The van der Waals surface area contributed by atoms with Crippen molar-refractivity contribution in [1.29, 1.82) is 0 Å². The molecule has 0 bridgehead atoms. The predicted molar refractivity (Wildman–Crippen MR) is 74.3 cm³/mol. The first-order chi connectivity index (χ1) is 8.02. The Morgan fingerprint density at radius 2 is 2.00 bits per heavy atom. The molecular weight excluding hydrogens is 257 g/mol. The van der Waals surface area contributed by atoms with Crippen LogP contribution in [0.3, 0.4) is 0 Å². The Balaban J connectivity index is 2.63. The summed E-state index contributed by atoms with van der Waals surface area (Å²) in [6, 6.07) is 5.70. The van der Waals surface area contributed by atoms with Crippen LogP contribution >= 0.6 is 23.2 Å². The van der Waals surface area contributed by atoms with Gasteiger partial charge in [0.2, 0.25) is 0 Å². The second-order valence-electron chi connectivity index (χ2n) is 4.29. The highest BCUT2D eigenvalue weighted by Gasteiger charge is 2.11. The zero-order chi connectivity index (χ0) is 12.8. The van der Waals surface area contributed by atoms with E-state index >= 15 is 0 Å². The highest BCUT2D eigenvalue weighted by atomic mass is 35.5. The molecule has 2 nitrogen and oxygen atoms in total. The van der Waals surface area contributed by atoms with E-state index in [0.717, 1.165) is 13.0 Å². The summed E-state index contributed by atoms with van der Waals surface area (Å²) >= 11 is 12.0. The van der Waals surface area contributed by atoms with Gasteiger partial charge in [0, 0.05) is 23.7 Å². The molecule has 1 aromatic rings. The second kappa shape index (κ2) is 7.10.